The average Bonchev–Trinajstić information content (AvgIpc) is 2.76. The highest BCUT2D eigenvalue weighted by Gasteiger charge is 2.79. The van der Waals surface area contributed by atoms with Crippen molar-refractivity contribution < 1.29 is 32.5 Å². The lowest BCUT2D eigenvalue weighted by atomic mass is 9.34. The Morgan fingerprint density at radius 3 is 2.29 bits per heavy atom. The standard InChI is InChI=1S/C25H25F6N5O2.H2/c1-4-13(7-15(38-3)14-5-6-16(37)32-8-14)20-35-19(22-9-23(10-22,11-22)25(29,30)31)17-21(36-20)33-12(2)18(34-17)24(26,27)28;/h5-6,8,13,15H,4,7,9-11H2,1-3H3,(H,32,37);1H/t13-,15+,22?,23?;/m0./s1. The molecule has 3 heterocycles. The van der Waals surface area contributed by atoms with Gasteiger partial charge >= 0.3 is 12.4 Å². The zero-order chi connectivity index (χ0) is 27.7. The van der Waals surface area contributed by atoms with Gasteiger partial charge in [-0.15, -0.1) is 0 Å². The summed E-state index contributed by atoms with van der Waals surface area (Å²) >= 11 is 0. The molecule has 0 amide bonds. The van der Waals surface area contributed by atoms with Gasteiger partial charge in [-0.05, 0) is 50.7 Å². The molecule has 3 aromatic heterocycles. The fraction of sp³-hybridized carbons (Fsp3) is 0.560. The number of rotatable bonds is 7. The summed E-state index contributed by atoms with van der Waals surface area (Å²) in [7, 11) is 1.50. The maximum atomic E-state index is 13.6. The van der Waals surface area contributed by atoms with E-state index in [-0.39, 0.29) is 60.5 Å². The maximum Gasteiger partial charge on any atom is 0.435 e. The topological polar surface area (TPSA) is 93.7 Å². The summed E-state index contributed by atoms with van der Waals surface area (Å²) < 4.78 is 87.3. The van der Waals surface area contributed by atoms with E-state index in [4.69, 9.17) is 4.74 Å². The van der Waals surface area contributed by atoms with Crippen molar-refractivity contribution >= 4 is 11.2 Å². The van der Waals surface area contributed by atoms with E-state index >= 15 is 0 Å². The Balaban J connectivity index is 0.00000353. The van der Waals surface area contributed by atoms with E-state index in [9.17, 15) is 31.1 Å². The molecule has 3 aliphatic carbocycles. The first-order valence-electron chi connectivity index (χ1n) is 12.1. The molecule has 2 bridgehead atoms. The van der Waals surface area contributed by atoms with Gasteiger partial charge in [0, 0.05) is 32.1 Å². The Bertz CT molecular complexity index is 1420. The van der Waals surface area contributed by atoms with E-state index in [1.165, 1.54) is 26.3 Å². The van der Waals surface area contributed by atoms with Crippen LogP contribution in [-0.2, 0) is 16.3 Å². The second-order valence-corrected chi connectivity index (χ2v) is 10.4. The van der Waals surface area contributed by atoms with E-state index in [2.05, 4.69) is 24.9 Å². The molecular weight excluding hydrogens is 516 g/mol. The van der Waals surface area contributed by atoms with Gasteiger partial charge in [0.2, 0.25) is 5.56 Å². The van der Waals surface area contributed by atoms with Crippen LogP contribution in [0.25, 0.3) is 11.2 Å². The van der Waals surface area contributed by atoms with Crippen LogP contribution in [0.1, 0.15) is 80.9 Å². The molecule has 13 heteroatoms. The van der Waals surface area contributed by atoms with Gasteiger partial charge in [-0.25, -0.2) is 19.9 Å². The molecule has 3 saturated carbocycles. The Morgan fingerprint density at radius 2 is 1.76 bits per heavy atom. The molecule has 7 nitrogen and oxygen atoms in total. The third kappa shape index (κ3) is 4.15. The van der Waals surface area contributed by atoms with Gasteiger partial charge in [0.05, 0.1) is 22.9 Å². The number of aryl methyl sites for hydroxylation is 1. The summed E-state index contributed by atoms with van der Waals surface area (Å²) in [5.74, 6) is -0.0935. The van der Waals surface area contributed by atoms with E-state index in [1.807, 2.05) is 6.92 Å². The summed E-state index contributed by atoms with van der Waals surface area (Å²) in [5.41, 5.74) is -4.19. The van der Waals surface area contributed by atoms with Crippen molar-refractivity contribution in [2.75, 3.05) is 7.11 Å². The number of aromatic nitrogens is 5. The van der Waals surface area contributed by atoms with Crippen molar-refractivity contribution in [2.45, 2.75) is 75.7 Å². The van der Waals surface area contributed by atoms with Crippen molar-refractivity contribution in [2.24, 2.45) is 5.41 Å². The number of ether oxygens (including phenoxy) is 1. The smallest absolute Gasteiger partial charge is 0.377 e. The third-order valence-corrected chi connectivity index (χ3v) is 7.95. The van der Waals surface area contributed by atoms with Crippen LogP contribution in [0.3, 0.4) is 0 Å². The highest BCUT2D eigenvalue weighted by Crippen LogP contribution is 2.78. The number of halogens is 6. The number of aromatic amines is 1. The first-order valence-corrected chi connectivity index (χ1v) is 12.1. The zero-order valence-electron chi connectivity index (χ0n) is 20.8. The van der Waals surface area contributed by atoms with E-state index in [1.54, 1.807) is 6.07 Å². The van der Waals surface area contributed by atoms with Gasteiger partial charge in [-0.3, -0.25) is 4.79 Å². The molecule has 0 aliphatic heterocycles. The number of nitrogens with zero attached hydrogens (tertiary/aromatic N) is 4. The Hall–Kier alpha value is -3.09. The van der Waals surface area contributed by atoms with Crippen molar-refractivity contribution in [3.8, 4) is 0 Å². The van der Waals surface area contributed by atoms with Crippen LogP contribution in [0.2, 0.25) is 0 Å². The number of H-pyrrole nitrogens is 1. The number of fused-ring (bicyclic) bond motifs is 1. The Labute approximate surface area is 214 Å². The van der Waals surface area contributed by atoms with Crippen LogP contribution in [0.4, 0.5) is 26.3 Å². The molecule has 0 saturated heterocycles. The SMILES string of the molecule is CC[C@@H](C[C@@H](OC)c1ccc(=O)[nH]c1)c1nc(C23CC(C(F)(F)F)(C2)C3)c2nc(C(F)(F)F)c(C)nc2n1.[HH]. The lowest BCUT2D eigenvalue weighted by molar-refractivity contribution is -0.337. The predicted molar refractivity (Wildman–Crippen MR) is 125 cm³/mol. The Kier molecular flexibility index (Phi) is 6.08. The summed E-state index contributed by atoms with van der Waals surface area (Å²) in [4.78, 5) is 31.0. The second-order valence-electron chi connectivity index (χ2n) is 10.4. The van der Waals surface area contributed by atoms with Crippen molar-refractivity contribution in [1.29, 1.82) is 0 Å². The Morgan fingerprint density at radius 1 is 1.08 bits per heavy atom. The van der Waals surface area contributed by atoms with Crippen LogP contribution >= 0.6 is 0 Å². The average molecular weight is 544 g/mol. The first-order chi connectivity index (χ1) is 17.7. The number of pyridine rings is 1. The van der Waals surface area contributed by atoms with Gasteiger partial charge in [0.15, 0.2) is 11.3 Å². The third-order valence-electron chi connectivity index (χ3n) is 7.95. The number of alkyl halides is 6. The van der Waals surface area contributed by atoms with Crippen LogP contribution in [0.5, 0.6) is 0 Å². The van der Waals surface area contributed by atoms with E-state index in [0.29, 0.717) is 18.4 Å². The summed E-state index contributed by atoms with van der Waals surface area (Å²) in [6, 6.07) is 2.99. The predicted octanol–water partition coefficient (Wildman–Crippen LogP) is 5.94. The molecular formula is C25H27F6N5O2. The van der Waals surface area contributed by atoms with Crippen LogP contribution < -0.4 is 5.56 Å². The number of nitrogens with one attached hydrogen (secondary N) is 1. The molecule has 0 aromatic carbocycles. The molecule has 1 N–H and O–H groups in total. The number of methoxy groups -OCH3 is 1. The molecule has 0 radical (unpaired) electrons. The fourth-order valence-corrected chi connectivity index (χ4v) is 5.91. The maximum absolute atomic E-state index is 13.6. The number of hydrogen-bond donors (Lipinski definition) is 1. The van der Waals surface area contributed by atoms with Crippen LogP contribution in [-0.4, -0.2) is 38.2 Å². The minimum atomic E-state index is -4.79. The minimum absolute atomic E-state index is 0. The summed E-state index contributed by atoms with van der Waals surface area (Å²) in [6.45, 7) is 3.05. The molecule has 3 aliphatic rings. The molecule has 2 atom stereocenters. The van der Waals surface area contributed by atoms with Crippen LogP contribution in [0, 0.1) is 12.3 Å². The van der Waals surface area contributed by atoms with Gasteiger partial charge in [0.1, 0.15) is 11.3 Å². The lowest BCUT2D eigenvalue weighted by Gasteiger charge is -2.70. The van der Waals surface area contributed by atoms with Gasteiger partial charge < -0.3 is 9.72 Å². The largest absolute Gasteiger partial charge is 0.435 e. The number of hydrogen-bond acceptors (Lipinski definition) is 6. The quantitative estimate of drug-likeness (QED) is 0.371. The molecule has 38 heavy (non-hydrogen) atoms. The summed E-state index contributed by atoms with van der Waals surface area (Å²) in [5, 5.41) is 0. The molecule has 206 valence electrons. The summed E-state index contributed by atoms with van der Waals surface area (Å²) in [6.07, 6.45) is -8.00. The fourth-order valence-electron chi connectivity index (χ4n) is 5.91. The first kappa shape index (κ1) is 26.5. The second kappa shape index (κ2) is 8.72. The van der Waals surface area contributed by atoms with Gasteiger partial charge in [-0.1, -0.05) is 6.92 Å². The zero-order valence-corrected chi connectivity index (χ0v) is 20.8. The molecule has 0 spiro atoms. The van der Waals surface area contributed by atoms with Gasteiger partial charge in [-0.2, -0.15) is 26.3 Å². The van der Waals surface area contributed by atoms with Gasteiger partial charge in [0.25, 0.3) is 0 Å². The molecule has 3 aromatic rings. The van der Waals surface area contributed by atoms with E-state index < -0.39 is 35.0 Å². The molecule has 6 rings (SSSR count). The normalized spacial score (nSPS) is 24.6. The van der Waals surface area contributed by atoms with Crippen molar-refractivity contribution in [1.82, 2.24) is 24.9 Å². The van der Waals surface area contributed by atoms with Crippen molar-refractivity contribution in [3.63, 3.8) is 0 Å². The van der Waals surface area contributed by atoms with E-state index in [0.717, 1.165) is 0 Å². The minimum Gasteiger partial charge on any atom is -0.377 e. The monoisotopic (exact) mass is 543 g/mol. The molecule has 3 fully saturated rings. The van der Waals surface area contributed by atoms with Crippen molar-refractivity contribution in [3.05, 3.63) is 57.2 Å². The lowest BCUT2D eigenvalue weighted by Crippen LogP contribution is -2.70. The van der Waals surface area contributed by atoms with Crippen LogP contribution in [0.15, 0.2) is 23.1 Å². The highest BCUT2D eigenvalue weighted by molar-refractivity contribution is 5.75. The highest BCUT2D eigenvalue weighted by atomic mass is 19.4. The molecule has 0 unspecified atom stereocenters.